The first-order chi connectivity index (χ1) is 38.8. The zero-order chi connectivity index (χ0) is 58.0. The predicted octanol–water partition coefficient (Wildman–Crippen LogP) is 6.14. The third kappa shape index (κ3) is 15.2. The fourth-order valence-corrected chi connectivity index (χ4v) is 11.2. The number of aromatic amines is 1. The van der Waals surface area contributed by atoms with E-state index in [1.165, 1.54) is 4.90 Å². The lowest BCUT2D eigenvalue weighted by molar-refractivity contribution is -0.144. The summed E-state index contributed by atoms with van der Waals surface area (Å²) in [6.45, 7) is 22.9. The summed E-state index contributed by atoms with van der Waals surface area (Å²) in [6, 6.07) is 15.7. The van der Waals surface area contributed by atoms with Gasteiger partial charge in [-0.1, -0.05) is 52.0 Å². The molecule has 0 radical (unpaired) electrons. The number of aromatic nitrogens is 5. The highest BCUT2D eigenvalue weighted by Gasteiger charge is 2.45. The van der Waals surface area contributed by atoms with Crippen LogP contribution in [0.5, 0.6) is 0 Å². The number of nitrogens with one attached hydrogen (secondary N) is 4. The Labute approximate surface area is 478 Å². The number of amides is 4. The number of carbonyl (C=O) groups excluding carboxylic acids is 4. The standard InChI is InChI=1S/C60H79N11O9S/c1-10-41-27-38(4)65-57(75)48(41)32-62-56(74)47-28-45(29-50-49(47)33-64-71(50)37(2)3)44-15-16-52(61-31-44)69-19-17-68(18-20-69)21-22-78-23-24-79-25-26-80-35-53(73)67-55(60(7,8)9)59(77)70-34-46(72)30-51(70)58(76)66-39(5)42-11-13-43(14-12-42)54-40(6)63-36-81-54/h11-16,27-29,31,33,36-37,39,46,51,55,72H,10,17-26,30,32,34-35H2,1-9H3,(H,62,74)(H,65,75)(H,66,76)(H,67,73)/t39?,46-,51+,55?/m1/s1. The molecule has 2 aliphatic rings. The maximum Gasteiger partial charge on any atom is 0.253 e. The third-order valence-corrected chi connectivity index (χ3v) is 16.0. The number of hydrogen-bond donors (Lipinski definition) is 5. The molecule has 434 valence electrons. The Morgan fingerprint density at radius 2 is 1.56 bits per heavy atom. The minimum atomic E-state index is -0.975. The molecule has 4 amide bonds. The highest BCUT2D eigenvalue weighted by atomic mass is 32.1. The number of piperazine rings is 1. The Kier molecular flexibility index (Phi) is 20.3. The SMILES string of the molecule is CCc1cc(C)[nH]c(=O)c1CNC(=O)c1cc(-c2ccc(N3CCN(CCOCCOCCOCC(=O)NC(C(=O)N4C[C@H](O)C[C@H]4C(=O)NC(C)c4ccc(-c5scnc5C)cc4)C(C)(C)C)CC3)nc2)cc2c1cnn2C(C)C. The summed E-state index contributed by atoms with van der Waals surface area (Å²) in [5.41, 5.74) is 9.09. The lowest BCUT2D eigenvalue weighted by atomic mass is 9.85. The first-order valence-electron chi connectivity index (χ1n) is 28.1. The number of anilines is 1. The van der Waals surface area contributed by atoms with Crippen LogP contribution in [0, 0.1) is 19.3 Å². The monoisotopic (exact) mass is 1130 g/mol. The molecular weight excluding hydrogens is 1050 g/mol. The Morgan fingerprint density at radius 1 is 0.852 bits per heavy atom. The van der Waals surface area contributed by atoms with Crippen molar-refractivity contribution in [2.24, 2.45) is 5.41 Å². The number of β-amino-alcohol motifs (C(OH)–C–C–N with tert-alkyl or cyclic N) is 1. The van der Waals surface area contributed by atoms with E-state index in [1.54, 1.807) is 17.5 Å². The quantitative estimate of drug-likeness (QED) is 0.0428. The minimum Gasteiger partial charge on any atom is -0.391 e. The molecule has 6 heterocycles. The number of H-pyrrole nitrogens is 1. The van der Waals surface area contributed by atoms with Gasteiger partial charge in [-0.3, -0.25) is 33.6 Å². The van der Waals surface area contributed by atoms with Gasteiger partial charge in [-0.05, 0) is 99.0 Å². The third-order valence-electron chi connectivity index (χ3n) is 15.0. The molecule has 6 aromatic rings. The Bertz CT molecular complexity index is 3180. The van der Waals surface area contributed by atoms with Gasteiger partial charge >= 0.3 is 0 Å². The smallest absolute Gasteiger partial charge is 0.253 e. The maximum atomic E-state index is 14.1. The van der Waals surface area contributed by atoms with Gasteiger partial charge in [-0.2, -0.15) is 5.10 Å². The Morgan fingerprint density at radius 3 is 2.21 bits per heavy atom. The average Bonchev–Trinajstić information content (AvgIpc) is 4.20. The van der Waals surface area contributed by atoms with Gasteiger partial charge in [0, 0.05) is 86.7 Å². The van der Waals surface area contributed by atoms with Gasteiger partial charge in [-0.15, -0.1) is 11.3 Å². The van der Waals surface area contributed by atoms with Gasteiger partial charge in [0.25, 0.3) is 11.5 Å². The van der Waals surface area contributed by atoms with E-state index in [9.17, 15) is 29.1 Å². The number of hydrogen-bond acceptors (Lipinski definition) is 15. The molecule has 2 fully saturated rings. The van der Waals surface area contributed by atoms with Crippen molar-refractivity contribution >= 4 is 51.7 Å². The van der Waals surface area contributed by atoms with Gasteiger partial charge in [-0.25, -0.2) is 9.97 Å². The van der Waals surface area contributed by atoms with Crippen molar-refractivity contribution in [2.45, 2.75) is 112 Å². The van der Waals surface area contributed by atoms with Crippen molar-refractivity contribution in [1.29, 1.82) is 0 Å². The molecule has 2 unspecified atom stereocenters. The molecule has 2 aromatic carbocycles. The van der Waals surface area contributed by atoms with Crippen molar-refractivity contribution in [2.75, 3.05) is 83.8 Å². The van der Waals surface area contributed by atoms with E-state index in [1.807, 2.05) is 113 Å². The zero-order valence-corrected chi connectivity index (χ0v) is 49.0. The number of pyridine rings is 2. The maximum absolute atomic E-state index is 14.1. The van der Waals surface area contributed by atoms with Crippen LogP contribution in [-0.2, 0) is 41.6 Å². The number of fused-ring (bicyclic) bond motifs is 1. The summed E-state index contributed by atoms with van der Waals surface area (Å²) in [5, 5.41) is 24.9. The Hall–Kier alpha value is -6.88. The van der Waals surface area contributed by atoms with E-state index in [0.29, 0.717) is 37.4 Å². The van der Waals surface area contributed by atoms with E-state index >= 15 is 0 Å². The molecule has 0 aliphatic carbocycles. The number of nitrogens with zero attached hydrogens (tertiary/aromatic N) is 7. The van der Waals surface area contributed by atoms with Crippen LogP contribution in [-0.4, -0.2) is 160 Å². The van der Waals surface area contributed by atoms with E-state index in [-0.39, 0.29) is 68.8 Å². The molecule has 0 bridgehead atoms. The number of benzene rings is 2. The summed E-state index contributed by atoms with van der Waals surface area (Å²) in [6.07, 6.45) is 3.46. The molecule has 2 aliphatic heterocycles. The van der Waals surface area contributed by atoms with Crippen molar-refractivity contribution in [1.82, 2.24) is 50.5 Å². The second-order valence-electron chi connectivity index (χ2n) is 22.4. The zero-order valence-electron chi connectivity index (χ0n) is 48.2. The first kappa shape index (κ1) is 60.2. The molecule has 4 aromatic heterocycles. The summed E-state index contributed by atoms with van der Waals surface area (Å²) in [4.78, 5) is 86.7. The lowest BCUT2D eigenvalue weighted by Crippen LogP contribution is -2.58. The Balaban J connectivity index is 0.718. The summed E-state index contributed by atoms with van der Waals surface area (Å²) in [7, 11) is 0. The molecule has 0 spiro atoms. The number of aliphatic hydroxyl groups is 1. The normalized spacial score (nSPS) is 16.7. The second kappa shape index (κ2) is 27.3. The van der Waals surface area contributed by atoms with Crippen molar-refractivity contribution < 1.29 is 38.5 Å². The largest absolute Gasteiger partial charge is 0.391 e. The molecular formula is C60H79N11O9S. The van der Waals surface area contributed by atoms with Crippen molar-refractivity contribution in [3.8, 4) is 21.6 Å². The number of carbonyl (C=O) groups is 4. The highest BCUT2D eigenvalue weighted by Crippen LogP contribution is 2.32. The van der Waals surface area contributed by atoms with Gasteiger partial charge in [0.15, 0.2) is 0 Å². The second-order valence-corrected chi connectivity index (χ2v) is 23.2. The van der Waals surface area contributed by atoms with E-state index < -0.39 is 35.4 Å². The van der Waals surface area contributed by atoms with Crippen LogP contribution in [0.1, 0.15) is 105 Å². The van der Waals surface area contributed by atoms with Crippen molar-refractivity contribution in [3.05, 3.63) is 116 Å². The molecule has 5 N–H and O–H groups in total. The first-order valence-corrected chi connectivity index (χ1v) is 28.9. The van der Waals surface area contributed by atoms with Crippen LogP contribution in [0.3, 0.4) is 0 Å². The lowest BCUT2D eigenvalue weighted by Gasteiger charge is -2.35. The number of rotatable bonds is 24. The number of aliphatic hydroxyl groups excluding tert-OH is 1. The van der Waals surface area contributed by atoms with Crippen LogP contribution in [0.25, 0.3) is 32.5 Å². The van der Waals surface area contributed by atoms with Gasteiger partial charge in [0.1, 0.15) is 24.5 Å². The van der Waals surface area contributed by atoms with Gasteiger partial charge < -0.3 is 50.1 Å². The molecule has 4 atom stereocenters. The summed E-state index contributed by atoms with van der Waals surface area (Å²) < 4.78 is 19.1. The number of likely N-dealkylation sites (tertiary alicyclic amines) is 1. The fraction of sp³-hybridized carbons (Fsp3) is 0.500. The van der Waals surface area contributed by atoms with Crippen LogP contribution >= 0.6 is 11.3 Å². The molecule has 20 nitrogen and oxygen atoms in total. The van der Waals surface area contributed by atoms with Crippen LogP contribution in [0.2, 0.25) is 0 Å². The average molecular weight is 1130 g/mol. The number of aryl methyl sites for hydroxylation is 3. The van der Waals surface area contributed by atoms with Gasteiger partial charge in [0.05, 0.1) is 78.5 Å². The minimum absolute atomic E-state index is 0.0237. The molecule has 21 heteroatoms. The molecule has 2 saturated heterocycles. The summed E-state index contributed by atoms with van der Waals surface area (Å²) in [5.74, 6) is -0.704. The molecule has 8 rings (SSSR count). The molecule has 81 heavy (non-hydrogen) atoms. The number of thiazole rings is 1. The molecule has 0 saturated carbocycles. The van der Waals surface area contributed by atoms with Gasteiger partial charge in [0.2, 0.25) is 17.7 Å². The van der Waals surface area contributed by atoms with Crippen molar-refractivity contribution in [3.63, 3.8) is 0 Å². The van der Waals surface area contributed by atoms with Crippen LogP contribution < -0.4 is 26.4 Å². The highest BCUT2D eigenvalue weighted by molar-refractivity contribution is 7.13. The topological polar surface area (TPSA) is 238 Å². The van der Waals surface area contributed by atoms with Crippen LogP contribution in [0.15, 0.2) is 77.3 Å². The van der Waals surface area contributed by atoms with E-state index in [0.717, 1.165) is 93.5 Å². The van der Waals surface area contributed by atoms with Crippen LogP contribution in [0.4, 0.5) is 5.82 Å². The fourth-order valence-electron chi connectivity index (χ4n) is 10.4. The predicted molar refractivity (Wildman–Crippen MR) is 313 cm³/mol. The van der Waals surface area contributed by atoms with E-state index in [2.05, 4.69) is 60.7 Å². The number of ether oxygens (including phenoxy) is 3. The summed E-state index contributed by atoms with van der Waals surface area (Å²) >= 11 is 1.57. The van der Waals surface area contributed by atoms with E-state index in [4.69, 9.17) is 19.2 Å².